The van der Waals surface area contributed by atoms with E-state index in [-0.39, 0.29) is 12.3 Å². The van der Waals surface area contributed by atoms with Crippen molar-refractivity contribution >= 4 is 18.1 Å². The van der Waals surface area contributed by atoms with Crippen molar-refractivity contribution in [3.8, 4) is 0 Å². The SMILES string of the molecule is CC(C)(C)OC(=O)C(N)CC=NNC(=O)c1ccccc1. The van der Waals surface area contributed by atoms with E-state index >= 15 is 0 Å². The Kier molecular flexibility index (Phi) is 6.05. The van der Waals surface area contributed by atoms with E-state index in [0.717, 1.165) is 0 Å². The summed E-state index contributed by atoms with van der Waals surface area (Å²) in [6.45, 7) is 5.31. The zero-order valence-electron chi connectivity index (χ0n) is 12.5. The van der Waals surface area contributed by atoms with Crippen molar-refractivity contribution in [2.24, 2.45) is 10.8 Å². The van der Waals surface area contributed by atoms with Gasteiger partial charge in [0.2, 0.25) is 0 Å². The summed E-state index contributed by atoms with van der Waals surface area (Å²) in [6, 6.07) is 7.89. The monoisotopic (exact) mass is 291 g/mol. The van der Waals surface area contributed by atoms with E-state index in [1.807, 2.05) is 6.07 Å². The Labute approximate surface area is 124 Å². The van der Waals surface area contributed by atoms with Gasteiger partial charge in [-0.2, -0.15) is 5.10 Å². The topological polar surface area (TPSA) is 93.8 Å². The van der Waals surface area contributed by atoms with E-state index < -0.39 is 17.6 Å². The fraction of sp³-hybridized carbons (Fsp3) is 0.400. The number of hydrogen-bond donors (Lipinski definition) is 2. The summed E-state index contributed by atoms with van der Waals surface area (Å²) in [7, 11) is 0. The van der Waals surface area contributed by atoms with Gasteiger partial charge in [0.1, 0.15) is 11.6 Å². The Balaban J connectivity index is 2.38. The first kappa shape index (κ1) is 16.8. The lowest BCUT2D eigenvalue weighted by Crippen LogP contribution is -2.37. The summed E-state index contributed by atoms with van der Waals surface area (Å²) >= 11 is 0. The number of nitrogens with two attached hydrogens (primary N) is 1. The van der Waals surface area contributed by atoms with Gasteiger partial charge >= 0.3 is 5.97 Å². The van der Waals surface area contributed by atoms with E-state index in [2.05, 4.69) is 10.5 Å². The number of hydrazone groups is 1. The van der Waals surface area contributed by atoms with Crippen molar-refractivity contribution in [1.82, 2.24) is 5.43 Å². The van der Waals surface area contributed by atoms with Crippen LogP contribution in [0.15, 0.2) is 35.4 Å². The third-order valence-corrected chi connectivity index (χ3v) is 2.36. The van der Waals surface area contributed by atoms with Gasteiger partial charge in [-0.1, -0.05) is 18.2 Å². The Hall–Kier alpha value is -2.21. The van der Waals surface area contributed by atoms with E-state index in [0.29, 0.717) is 5.56 Å². The molecule has 6 nitrogen and oxygen atoms in total. The molecule has 0 saturated heterocycles. The lowest BCUT2D eigenvalue weighted by atomic mass is 10.2. The van der Waals surface area contributed by atoms with Gasteiger partial charge < -0.3 is 10.5 Å². The lowest BCUT2D eigenvalue weighted by Gasteiger charge is -2.21. The molecule has 0 aromatic heterocycles. The Morgan fingerprint density at radius 1 is 1.33 bits per heavy atom. The van der Waals surface area contributed by atoms with Gasteiger partial charge in [0.05, 0.1) is 0 Å². The van der Waals surface area contributed by atoms with Crippen LogP contribution in [0.3, 0.4) is 0 Å². The molecule has 1 atom stereocenters. The third-order valence-electron chi connectivity index (χ3n) is 2.36. The number of hydrogen-bond acceptors (Lipinski definition) is 5. The highest BCUT2D eigenvalue weighted by Gasteiger charge is 2.21. The van der Waals surface area contributed by atoms with Crippen LogP contribution in [0.25, 0.3) is 0 Å². The maximum Gasteiger partial charge on any atom is 0.323 e. The van der Waals surface area contributed by atoms with Gasteiger partial charge in [-0.25, -0.2) is 5.43 Å². The number of benzene rings is 1. The van der Waals surface area contributed by atoms with Gasteiger partial charge in [0, 0.05) is 18.2 Å². The fourth-order valence-electron chi connectivity index (χ4n) is 1.40. The largest absolute Gasteiger partial charge is 0.459 e. The first-order valence-electron chi connectivity index (χ1n) is 6.65. The first-order chi connectivity index (χ1) is 9.79. The van der Waals surface area contributed by atoms with Gasteiger partial charge in [-0.05, 0) is 32.9 Å². The van der Waals surface area contributed by atoms with Crippen molar-refractivity contribution in [3.05, 3.63) is 35.9 Å². The number of carbonyl (C=O) groups excluding carboxylic acids is 2. The minimum atomic E-state index is -0.804. The standard InChI is InChI=1S/C15H21N3O3/c1-15(2,3)21-14(20)12(16)9-10-17-18-13(19)11-7-5-4-6-8-11/h4-8,10,12H,9,16H2,1-3H3,(H,18,19). The van der Waals surface area contributed by atoms with Gasteiger partial charge in [0.25, 0.3) is 5.91 Å². The number of carbonyl (C=O) groups is 2. The van der Waals surface area contributed by atoms with Gasteiger partial charge in [-0.3, -0.25) is 9.59 Å². The molecule has 114 valence electrons. The second kappa shape index (κ2) is 7.54. The summed E-state index contributed by atoms with van der Waals surface area (Å²) in [5.41, 5.74) is 7.97. The summed E-state index contributed by atoms with van der Waals surface area (Å²) in [4.78, 5) is 23.3. The average molecular weight is 291 g/mol. The molecule has 0 radical (unpaired) electrons. The second-order valence-electron chi connectivity index (χ2n) is 5.49. The molecule has 0 aliphatic heterocycles. The summed E-state index contributed by atoms with van der Waals surface area (Å²) in [5, 5.41) is 3.75. The van der Waals surface area contributed by atoms with E-state index in [9.17, 15) is 9.59 Å². The molecule has 0 spiro atoms. The summed E-state index contributed by atoms with van der Waals surface area (Å²) in [5.74, 6) is -0.818. The van der Waals surface area contributed by atoms with Crippen molar-refractivity contribution < 1.29 is 14.3 Å². The van der Waals surface area contributed by atoms with Gasteiger partial charge in [0.15, 0.2) is 0 Å². The molecule has 1 aromatic carbocycles. The molecule has 1 rings (SSSR count). The molecule has 1 amide bonds. The molecule has 0 saturated carbocycles. The molecular weight excluding hydrogens is 270 g/mol. The molecular formula is C15H21N3O3. The molecule has 0 aliphatic rings. The van der Waals surface area contributed by atoms with Crippen molar-refractivity contribution in [1.29, 1.82) is 0 Å². The molecule has 0 aliphatic carbocycles. The van der Waals surface area contributed by atoms with Crippen molar-refractivity contribution in [2.75, 3.05) is 0 Å². The Bertz CT molecular complexity index is 507. The van der Waals surface area contributed by atoms with Crippen molar-refractivity contribution in [2.45, 2.75) is 38.8 Å². The zero-order valence-corrected chi connectivity index (χ0v) is 12.5. The molecule has 3 N–H and O–H groups in total. The second-order valence-corrected chi connectivity index (χ2v) is 5.49. The van der Waals surface area contributed by atoms with Crippen LogP contribution in [0.2, 0.25) is 0 Å². The van der Waals surface area contributed by atoms with Crippen LogP contribution < -0.4 is 11.2 Å². The first-order valence-corrected chi connectivity index (χ1v) is 6.65. The Morgan fingerprint density at radius 3 is 2.52 bits per heavy atom. The number of amides is 1. The maximum absolute atomic E-state index is 11.7. The van der Waals surface area contributed by atoms with Gasteiger partial charge in [-0.15, -0.1) is 0 Å². The van der Waals surface area contributed by atoms with Crippen molar-refractivity contribution in [3.63, 3.8) is 0 Å². The quantitative estimate of drug-likeness (QED) is 0.488. The molecule has 0 heterocycles. The minimum Gasteiger partial charge on any atom is -0.459 e. The van der Waals surface area contributed by atoms with Crippen LogP contribution in [0.1, 0.15) is 37.6 Å². The average Bonchev–Trinajstić information content (AvgIpc) is 2.42. The molecule has 0 bridgehead atoms. The predicted octanol–water partition coefficient (Wildman–Crippen LogP) is 1.46. The molecule has 1 aromatic rings. The van der Waals surface area contributed by atoms with Crippen LogP contribution in [0.4, 0.5) is 0 Å². The number of esters is 1. The third kappa shape index (κ3) is 6.67. The van der Waals surface area contributed by atoms with Crippen LogP contribution in [-0.2, 0) is 9.53 Å². The highest BCUT2D eigenvalue weighted by molar-refractivity contribution is 5.94. The molecule has 0 fully saturated rings. The smallest absolute Gasteiger partial charge is 0.323 e. The zero-order chi connectivity index (χ0) is 15.9. The van der Waals surface area contributed by atoms with E-state index in [4.69, 9.17) is 10.5 Å². The van der Waals surface area contributed by atoms with E-state index in [1.165, 1.54) is 6.21 Å². The highest BCUT2D eigenvalue weighted by Crippen LogP contribution is 2.08. The summed E-state index contributed by atoms with van der Waals surface area (Å²) in [6.07, 6.45) is 1.57. The lowest BCUT2D eigenvalue weighted by molar-refractivity contribution is -0.156. The predicted molar refractivity (Wildman–Crippen MR) is 80.8 cm³/mol. The van der Waals surface area contributed by atoms with Crippen LogP contribution >= 0.6 is 0 Å². The summed E-state index contributed by atoms with van der Waals surface area (Å²) < 4.78 is 5.13. The fourth-order valence-corrected chi connectivity index (χ4v) is 1.40. The molecule has 21 heavy (non-hydrogen) atoms. The van der Waals surface area contributed by atoms with Crippen LogP contribution in [0, 0.1) is 0 Å². The van der Waals surface area contributed by atoms with Crippen LogP contribution in [0.5, 0.6) is 0 Å². The van der Waals surface area contributed by atoms with Crippen LogP contribution in [-0.4, -0.2) is 29.7 Å². The van der Waals surface area contributed by atoms with E-state index in [1.54, 1.807) is 45.0 Å². The number of nitrogens with one attached hydrogen (secondary N) is 1. The molecule has 1 unspecified atom stereocenters. The minimum absolute atomic E-state index is 0.185. The normalized spacial score (nSPS) is 13.0. The molecule has 6 heteroatoms. The maximum atomic E-state index is 11.7. The number of rotatable bonds is 5. The highest BCUT2D eigenvalue weighted by atomic mass is 16.6. The number of nitrogens with zero attached hydrogens (tertiary/aromatic N) is 1. The number of ether oxygens (including phenoxy) is 1. The Morgan fingerprint density at radius 2 is 1.95 bits per heavy atom.